The molecule has 0 radical (unpaired) electrons. The van der Waals surface area contributed by atoms with Crippen LogP contribution in [0.15, 0.2) is 0 Å². The quantitative estimate of drug-likeness (QED) is 0.719. The third-order valence-corrected chi connectivity index (χ3v) is 6.17. The lowest BCUT2D eigenvalue weighted by Crippen LogP contribution is -3.20. The van der Waals surface area contributed by atoms with Gasteiger partial charge in [-0.15, -0.1) is 0 Å². The fraction of sp³-hybridized carbons (Fsp3) is 0.941. The molecule has 3 heterocycles. The predicted octanol–water partition coefficient (Wildman–Crippen LogP) is 1.32. The zero-order chi connectivity index (χ0) is 14.7. The second-order valence-electron chi connectivity index (χ2n) is 7.45. The second kappa shape index (κ2) is 6.99. The van der Waals surface area contributed by atoms with Crippen molar-refractivity contribution in [1.82, 2.24) is 10.6 Å². The van der Waals surface area contributed by atoms with Gasteiger partial charge in [0.2, 0.25) is 0 Å². The van der Waals surface area contributed by atoms with E-state index in [-0.39, 0.29) is 6.03 Å². The molecule has 4 atom stereocenters. The highest BCUT2D eigenvalue weighted by atomic mass is 16.2. The third kappa shape index (κ3) is 3.71. The summed E-state index contributed by atoms with van der Waals surface area (Å²) in [4.78, 5) is 13.8. The molecular weight excluding hydrogens is 262 g/mol. The first-order valence-electron chi connectivity index (χ1n) is 9.15. The van der Waals surface area contributed by atoms with Gasteiger partial charge in [-0.3, -0.25) is 0 Å². The molecule has 3 N–H and O–H groups in total. The number of carbonyl (C=O) groups excluding carboxylic acids is 1. The molecule has 3 saturated heterocycles. The first kappa shape index (κ1) is 15.1. The lowest BCUT2D eigenvalue weighted by atomic mass is 9.74. The van der Waals surface area contributed by atoms with E-state index in [0.29, 0.717) is 12.1 Å². The number of carbonyl (C=O) groups is 1. The van der Waals surface area contributed by atoms with Crippen LogP contribution in [0.25, 0.3) is 0 Å². The summed E-state index contributed by atoms with van der Waals surface area (Å²) in [6, 6.07) is 1.14. The minimum atomic E-state index is 0.0657. The van der Waals surface area contributed by atoms with E-state index in [4.69, 9.17) is 0 Å². The Labute approximate surface area is 129 Å². The van der Waals surface area contributed by atoms with Gasteiger partial charge in [0.15, 0.2) is 0 Å². The van der Waals surface area contributed by atoms with Crippen molar-refractivity contribution < 1.29 is 9.69 Å². The monoisotopic (exact) mass is 294 g/mol. The van der Waals surface area contributed by atoms with Gasteiger partial charge in [0, 0.05) is 24.8 Å². The largest absolute Gasteiger partial charge is 0.335 e. The van der Waals surface area contributed by atoms with Gasteiger partial charge in [-0.25, -0.2) is 4.79 Å². The van der Waals surface area contributed by atoms with Gasteiger partial charge in [0.05, 0.1) is 19.6 Å². The van der Waals surface area contributed by atoms with E-state index in [9.17, 15) is 4.79 Å². The Kier molecular flexibility index (Phi) is 5.04. The van der Waals surface area contributed by atoms with E-state index in [2.05, 4.69) is 17.6 Å². The molecule has 2 amide bonds. The molecule has 21 heavy (non-hydrogen) atoms. The first-order chi connectivity index (χ1) is 10.3. The molecule has 2 bridgehead atoms. The van der Waals surface area contributed by atoms with Crippen LogP contribution >= 0.6 is 0 Å². The minimum absolute atomic E-state index is 0.0657. The maximum absolute atomic E-state index is 12.0. The average molecular weight is 294 g/mol. The Hall–Kier alpha value is -0.770. The van der Waals surface area contributed by atoms with Crippen molar-refractivity contribution in [2.24, 2.45) is 11.8 Å². The Morgan fingerprint density at radius 3 is 2.67 bits per heavy atom. The van der Waals surface area contributed by atoms with Crippen molar-refractivity contribution in [2.75, 3.05) is 19.6 Å². The maximum Gasteiger partial charge on any atom is 0.315 e. The van der Waals surface area contributed by atoms with Crippen LogP contribution in [0.5, 0.6) is 0 Å². The van der Waals surface area contributed by atoms with E-state index >= 15 is 0 Å². The van der Waals surface area contributed by atoms with Crippen LogP contribution in [0, 0.1) is 11.8 Å². The van der Waals surface area contributed by atoms with Gasteiger partial charge >= 0.3 is 6.03 Å². The maximum atomic E-state index is 12.0. The summed E-state index contributed by atoms with van der Waals surface area (Å²) < 4.78 is 0. The smallest absolute Gasteiger partial charge is 0.315 e. The van der Waals surface area contributed by atoms with Crippen molar-refractivity contribution >= 4 is 6.03 Å². The molecule has 0 spiro atoms. The number of quaternary nitrogens is 1. The van der Waals surface area contributed by atoms with Crippen molar-refractivity contribution in [2.45, 2.75) is 70.4 Å². The fourth-order valence-corrected chi connectivity index (χ4v) is 4.83. The summed E-state index contributed by atoms with van der Waals surface area (Å²) in [6.07, 6.45) is 10.2. The number of urea groups is 1. The Morgan fingerprint density at radius 1 is 1.19 bits per heavy atom. The zero-order valence-electron chi connectivity index (χ0n) is 13.5. The van der Waals surface area contributed by atoms with Crippen LogP contribution in [0.4, 0.5) is 4.79 Å². The van der Waals surface area contributed by atoms with Crippen LogP contribution in [0.2, 0.25) is 0 Å². The molecule has 4 heteroatoms. The SMILES string of the molecule is CC[C@H]1C[NH+]2CC[C@@H]1C[C@@H]2CNC(=O)NC1CCCCC1. The number of piperidine rings is 3. The van der Waals surface area contributed by atoms with Gasteiger partial charge in [0.1, 0.15) is 6.04 Å². The molecule has 0 aromatic rings. The van der Waals surface area contributed by atoms with Gasteiger partial charge in [-0.1, -0.05) is 26.2 Å². The molecule has 3 aliphatic heterocycles. The summed E-state index contributed by atoms with van der Waals surface area (Å²) >= 11 is 0. The summed E-state index contributed by atoms with van der Waals surface area (Å²) in [7, 11) is 0. The van der Waals surface area contributed by atoms with Gasteiger partial charge in [0.25, 0.3) is 0 Å². The van der Waals surface area contributed by atoms with E-state index < -0.39 is 0 Å². The Morgan fingerprint density at radius 2 is 2.00 bits per heavy atom. The van der Waals surface area contributed by atoms with E-state index in [0.717, 1.165) is 31.2 Å². The fourth-order valence-electron chi connectivity index (χ4n) is 4.83. The van der Waals surface area contributed by atoms with Crippen LogP contribution in [0.1, 0.15) is 58.3 Å². The molecule has 1 unspecified atom stereocenters. The van der Waals surface area contributed by atoms with Crippen LogP contribution < -0.4 is 15.5 Å². The van der Waals surface area contributed by atoms with Crippen LogP contribution in [0.3, 0.4) is 0 Å². The summed E-state index contributed by atoms with van der Waals surface area (Å²) in [6.45, 7) is 5.84. The number of fused-ring (bicyclic) bond motifs is 3. The standard InChI is InChI=1S/C17H31N3O/c1-2-13-12-20-9-8-14(13)10-16(20)11-18-17(21)19-15-6-4-3-5-7-15/h13-16H,2-12H2,1H3,(H2,18,19,21)/p+1/t13-,14+,16+/m0/s1. The molecule has 0 aromatic heterocycles. The lowest BCUT2D eigenvalue weighted by Gasteiger charge is -2.46. The predicted molar refractivity (Wildman–Crippen MR) is 84.4 cm³/mol. The van der Waals surface area contributed by atoms with Crippen molar-refractivity contribution in [3.05, 3.63) is 0 Å². The molecule has 1 aliphatic carbocycles. The van der Waals surface area contributed by atoms with Crippen molar-refractivity contribution in [1.29, 1.82) is 0 Å². The highest BCUT2D eigenvalue weighted by Crippen LogP contribution is 2.28. The minimum Gasteiger partial charge on any atom is -0.335 e. The summed E-state index contributed by atoms with van der Waals surface area (Å²) in [5.41, 5.74) is 0. The number of hydrogen-bond acceptors (Lipinski definition) is 1. The van der Waals surface area contributed by atoms with E-state index in [1.165, 1.54) is 51.6 Å². The number of amides is 2. The molecule has 120 valence electrons. The molecule has 4 rings (SSSR count). The van der Waals surface area contributed by atoms with Crippen molar-refractivity contribution in [3.8, 4) is 0 Å². The Bertz CT molecular complexity index is 354. The first-order valence-corrected chi connectivity index (χ1v) is 9.15. The van der Waals surface area contributed by atoms with Crippen molar-refractivity contribution in [3.63, 3.8) is 0 Å². The molecule has 1 saturated carbocycles. The molecule has 4 fully saturated rings. The van der Waals surface area contributed by atoms with Gasteiger partial charge < -0.3 is 15.5 Å². The number of nitrogens with one attached hydrogen (secondary N) is 3. The number of hydrogen-bond donors (Lipinski definition) is 3. The zero-order valence-corrected chi connectivity index (χ0v) is 13.5. The summed E-state index contributed by atoms with van der Waals surface area (Å²) in [5, 5.41) is 6.31. The van der Waals surface area contributed by atoms with E-state index in [1.807, 2.05) is 0 Å². The normalized spacial score (nSPS) is 36.4. The van der Waals surface area contributed by atoms with E-state index in [1.54, 1.807) is 4.90 Å². The van der Waals surface area contributed by atoms with Gasteiger partial charge in [-0.05, 0) is 25.2 Å². The highest BCUT2D eigenvalue weighted by molar-refractivity contribution is 5.74. The summed E-state index contributed by atoms with van der Waals surface area (Å²) in [5.74, 6) is 1.85. The third-order valence-electron chi connectivity index (χ3n) is 6.17. The molecular formula is C17H32N3O+. The topological polar surface area (TPSA) is 45.6 Å². The second-order valence-corrected chi connectivity index (χ2v) is 7.45. The Balaban J connectivity index is 1.40. The number of rotatable bonds is 4. The van der Waals surface area contributed by atoms with Crippen LogP contribution in [-0.2, 0) is 0 Å². The molecule has 4 aliphatic rings. The average Bonchev–Trinajstić information content (AvgIpc) is 2.54. The van der Waals surface area contributed by atoms with Gasteiger partial charge in [-0.2, -0.15) is 0 Å². The molecule has 4 nitrogen and oxygen atoms in total. The lowest BCUT2D eigenvalue weighted by molar-refractivity contribution is -0.945. The van der Waals surface area contributed by atoms with Crippen LogP contribution in [-0.4, -0.2) is 37.7 Å². The highest BCUT2D eigenvalue weighted by Gasteiger charge is 2.42. The molecule has 0 aromatic carbocycles.